The maximum Gasteiger partial charge on any atom is 0.137 e. The first-order chi connectivity index (χ1) is 8.50. The van der Waals surface area contributed by atoms with E-state index < -0.39 is 0 Å². The van der Waals surface area contributed by atoms with Gasteiger partial charge in [0.25, 0.3) is 0 Å². The Kier molecular flexibility index (Phi) is 4.83. The van der Waals surface area contributed by atoms with Gasteiger partial charge in [0.05, 0.1) is 9.30 Å². The quantitative estimate of drug-likeness (QED) is 0.364. The van der Waals surface area contributed by atoms with Gasteiger partial charge in [0.1, 0.15) is 5.82 Å². The van der Waals surface area contributed by atoms with E-state index in [9.17, 15) is 4.39 Å². The Balaban J connectivity index is 2.44. The van der Waals surface area contributed by atoms with E-state index in [1.807, 2.05) is 12.1 Å². The van der Waals surface area contributed by atoms with Crippen LogP contribution in [0.5, 0.6) is 0 Å². The molecule has 2 rings (SSSR count). The molecule has 0 heterocycles. The molecule has 0 radical (unpaired) electrons. The molecule has 0 fully saturated rings. The highest BCUT2D eigenvalue weighted by Crippen LogP contribution is 2.36. The molecule has 0 spiro atoms. The first-order valence-corrected chi connectivity index (χ1v) is 8.13. The van der Waals surface area contributed by atoms with Crippen molar-refractivity contribution in [2.24, 2.45) is 0 Å². The molecule has 0 aliphatic heterocycles. The van der Waals surface area contributed by atoms with Gasteiger partial charge in [-0.05, 0) is 74.3 Å². The molecule has 1 unspecified atom stereocenters. The lowest BCUT2D eigenvalue weighted by molar-refractivity contribution is 0.620. The zero-order valence-electron chi connectivity index (χ0n) is 9.55. The fraction of sp³-hybridized carbons (Fsp3) is 0.143. The van der Waals surface area contributed by atoms with Gasteiger partial charge in [0.15, 0.2) is 0 Å². The van der Waals surface area contributed by atoms with Crippen molar-refractivity contribution in [1.29, 1.82) is 0 Å². The Morgan fingerprint density at radius 1 is 1.22 bits per heavy atom. The topological polar surface area (TPSA) is 0 Å². The van der Waals surface area contributed by atoms with Crippen molar-refractivity contribution in [3.8, 4) is 0 Å². The standard InChI is InChI=1S/C14H10Br2FI/c1-8-3-2-4-10(14(8)18)13(16)9-5-6-12(17)11(15)7-9/h2-7,13H,1H3. The molecule has 18 heavy (non-hydrogen) atoms. The number of hydrogen-bond acceptors (Lipinski definition) is 0. The molecule has 0 N–H and O–H groups in total. The third-order valence-corrected chi connectivity index (χ3v) is 5.83. The molecule has 0 aliphatic carbocycles. The van der Waals surface area contributed by atoms with Gasteiger partial charge in [-0.15, -0.1) is 0 Å². The molecule has 2 aromatic rings. The molecule has 0 amide bonds. The van der Waals surface area contributed by atoms with Crippen LogP contribution in [0.15, 0.2) is 40.9 Å². The van der Waals surface area contributed by atoms with E-state index in [2.05, 4.69) is 73.5 Å². The molecule has 94 valence electrons. The Bertz CT molecular complexity index is 584. The second kappa shape index (κ2) is 6.01. The predicted molar refractivity (Wildman–Crippen MR) is 88.8 cm³/mol. The van der Waals surface area contributed by atoms with Crippen LogP contribution in [-0.2, 0) is 0 Å². The number of alkyl halides is 1. The highest BCUT2D eigenvalue weighted by molar-refractivity contribution is 14.1. The van der Waals surface area contributed by atoms with Crippen LogP contribution in [0.25, 0.3) is 0 Å². The van der Waals surface area contributed by atoms with E-state index in [0.29, 0.717) is 4.47 Å². The van der Waals surface area contributed by atoms with Gasteiger partial charge in [-0.1, -0.05) is 40.2 Å². The lowest BCUT2D eigenvalue weighted by Gasteiger charge is -2.14. The smallest absolute Gasteiger partial charge is 0.137 e. The van der Waals surface area contributed by atoms with E-state index >= 15 is 0 Å². The summed E-state index contributed by atoms with van der Waals surface area (Å²) in [5.41, 5.74) is 3.49. The summed E-state index contributed by atoms with van der Waals surface area (Å²) < 4.78 is 15.0. The van der Waals surface area contributed by atoms with Crippen molar-refractivity contribution in [3.63, 3.8) is 0 Å². The van der Waals surface area contributed by atoms with Gasteiger partial charge < -0.3 is 0 Å². The molecular formula is C14H10Br2FI. The second-order valence-corrected chi connectivity index (χ2v) is 6.86. The number of aryl methyl sites for hydroxylation is 1. The van der Waals surface area contributed by atoms with Gasteiger partial charge in [0, 0.05) is 3.57 Å². The van der Waals surface area contributed by atoms with Crippen molar-refractivity contribution in [3.05, 3.63) is 66.9 Å². The van der Waals surface area contributed by atoms with Crippen LogP contribution in [0, 0.1) is 16.3 Å². The molecule has 4 heteroatoms. The minimum atomic E-state index is -0.239. The SMILES string of the molecule is Cc1cccc(C(Br)c2ccc(F)c(Br)c2)c1I. The molecule has 0 nitrogen and oxygen atoms in total. The molecule has 0 aliphatic rings. The van der Waals surface area contributed by atoms with E-state index in [1.54, 1.807) is 6.07 Å². The zero-order valence-corrected chi connectivity index (χ0v) is 14.9. The van der Waals surface area contributed by atoms with E-state index in [1.165, 1.54) is 20.8 Å². The summed E-state index contributed by atoms with van der Waals surface area (Å²) in [5.74, 6) is -0.239. The Hall–Kier alpha value is 0.0600. The van der Waals surface area contributed by atoms with E-state index in [-0.39, 0.29) is 10.6 Å². The van der Waals surface area contributed by atoms with E-state index in [4.69, 9.17) is 0 Å². The van der Waals surface area contributed by atoms with Gasteiger partial charge in [-0.2, -0.15) is 0 Å². The molecule has 0 bridgehead atoms. The van der Waals surface area contributed by atoms with E-state index in [0.717, 1.165) is 5.56 Å². The number of halogens is 4. The number of hydrogen-bond donors (Lipinski definition) is 0. The minimum absolute atomic E-state index is 0.0706. The maximum absolute atomic E-state index is 13.2. The number of benzene rings is 2. The normalized spacial score (nSPS) is 12.5. The van der Waals surface area contributed by atoms with Crippen LogP contribution in [0.1, 0.15) is 21.5 Å². The average molecular weight is 484 g/mol. The molecule has 0 aromatic heterocycles. The summed E-state index contributed by atoms with van der Waals surface area (Å²) >= 11 is 9.26. The van der Waals surface area contributed by atoms with Crippen LogP contribution in [0.4, 0.5) is 4.39 Å². The minimum Gasteiger partial charge on any atom is -0.206 e. The summed E-state index contributed by atoms with van der Waals surface area (Å²) in [6, 6.07) is 11.3. The van der Waals surface area contributed by atoms with Gasteiger partial charge >= 0.3 is 0 Å². The van der Waals surface area contributed by atoms with Crippen molar-refractivity contribution >= 4 is 54.5 Å². The third kappa shape index (κ3) is 2.96. The van der Waals surface area contributed by atoms with Crippen molar-refractivity contribution in [2.45, 2.75) is 11.8 Å². The van der Waals surface area contributed by atoms with Gasteiger partial charge in [-0.3, -0.25) is 0 Å². The van der Waals surface area contributed by atoms with Crippen LogP contribution in [-0.4, -0.2) is 0 Å². The summed E-state index contributed by atoms with van der Waals surface area (Å²) in [5, 5.41) is 0. The van der Waals surface area contributed by atoms with Crippen molar-refractivity contribution < 1.29 is 4.39 Å². The monoisotopic (exact) mass is 482 g/mol. The summed E-state index contributed by atoms with van der Waals surface area (Å²) in [6.07, 6.45) is 0. The van der Waals surface area contributed by atoms with Crippen molar-refractivity contribution in [1.82, 2.24) is 0 Å². The fourth-order valence-corrected chi connectivity index (χ4v) is 3.88. The zero-order chi connectivity index (χ0) is 13.3. The molecular weight excluding hydrogens is 474 g/mol. The summed E-state index contributed by atoms with van der Waals surface area (Å²) in [4.78, 5) is 0.0706. The predicted octanol–water partition coefficient (Wildman–Crippen LogP) is 5.99. The highest BCUT2D eigenvalue weighted by Gasteiger charge is 2.15. The molecule has 0 saturated heterocycles. The largest absolute Gasteiger partial charge is 0.206 e. The lowest BCUT2D eigenvalue weighted by atomic mass is 10.0. The maximum atomic E-state index is 13.2. The second-order valence-electron chi connectivity index (χ2n) is 4.01. The fourth-order valence-electron chi connectivity index (χ4n) is 1.72. The van der Waals surface area contributed by atoms with Crippen LogP contribution < -0.4 is 0 Å². The van der Waals surface area contributed by atoms with Crippen LogP contribution in [0.3, 0.4) is 0 Å². The third-order valence-electron chi connectivity index (χ3n) is 2.73. The molecule has 0 saturated carbocycles. The lowest BCUT2D eigenvalue weighted by Crippen LogP contribution is -1.98. The number of rotatable bonds is 2. The first kappa shape index (κ1) is 14.5. The Morgan fingerprint density at radius 2 is 1.94 bits per heavy atom. The van der Waals surface area contributed by atoms with Gasteiger partial charge in [0.2, 0.25) is 0 Å². The van der Waals surface area contributed by atoms with Crippen molar-refractivity contribution in [2.75, 3.05) is 0 Å². The van der Waals surface area contributed by atoms with Crippen LogP contribution >= 0.6 is 54.5 Å². The Labute approximate surface area is 136 Å². The van der Waals surface area contributed by atoms with Crippen LogP contribution in [0.2, 0.25) is 0 Å². The first-order valence-electron chi connectivity index (χ1n) is 5.34. The average Bonchev–Trinajstić information content (AvgIpc) is 2.35. The summed E-state index contributed by atoms with van der Waals surface area (Å²) in [7, 11) is 0. The summed E-state index contributed by atoms with van der Waals surface area (Å²) in [6.45, 7) is 2.09. The highest BCUT2D eigenvalue weighted by atomic mass is 127. The molecule has 1 atom stereocenters. The molecule has 2 aromatic carbocycles. The Morgan fingerprint density at radius 3 is 2.61 bits per heavy atom. The van der Waals surface area contributed by atoms with Gasteiger partial charge in [-0.25, -0.2) is 4.39 Å².